The minimum Gasteiger partial charge on any atom is -0.293 e. The number of benzene rings is 1. The van der Waals surface area contributed by atoms with Gasteiger partial charge in [0.2, 0.25) is 0 Å². The van der Waals surface area contributed by atoms with E-state index < -0.39 is 0 Å². The second-order valence-electron chi connectivity index (χ2n) is 2.48. The lowest BCUT2D eigenvalue weighted by Crippen LogP contribution is -2.03. The summed E-state index contributed by atoms with van der Waals surface area (Å²) >= 11 is 14.5. The van der Waals surface area contributed by atoms with Crippen molar-refractivity contribution in [3.05, 3.63) is 33.3 Å². The fraction of sp³-hybridized carbons (Fsp3) is 0.111. The van der Waals surface area contributed by atoms with E-state index >= 15 is 0 Å². The minimum atomic E-state index is -0.217. The van der Waals surface area contributed by atoms with Crippen molar-refractivity contribution in [3.63, 3.8) is 0 Å². The Morgan fingerprint density at radius 3 is 2.64 bits per heavy atom. The van der Waals surface area contributed by atoms with Crippen LogP contribution in [0.25, 0.3) is 0 Å². The first-order valence-corrected chi connectivity index (χ1v) is 5.46. The Morgan fingerprint density at radius 2 is 2.14 bits per heavy atom. The number of halogens is 3. The van der Waals surface area contributed by atoms with Crippen molar-refractivity contribution in [2.45, 2.75) is 0 Å². The number of Topliss-reactive ketones (excluding diaryl/α,β-unsaturated/α-hetero) is 1. The summed E-state index contributed by atoms with van der Waals surface area (Å²) in [7, 11) is 0. The molecule has 1 aromatic rings. The lowest BCUT2D eigenvalue weighted by Gasteiger charge is -2.03. The molecule has 1 aromatic carbocycles. The van der Waals surface area contributed by atoms with Gasteiger partial charge >= 0.3 is 0 Å². The molecule has 72 valence electrons. The van der Waals surface area contributed by atoms with Crippen LogP contribution in [0.5, 0.6) is 0 Å². The topological polar surface area (TPSA) is 40.9 Å². The van der Waals surface area contributed by atoms with E-state index in [0.29, 0.717) is 5.02 Å². The van der Waals surface area contributed by atoms with Crippen molar-refractivity contribution in [1.82, 2.24) is 0 Å². The van der Waals surface area contributed by atoms with Gasteiger partial charge in [0.15, 0.2) is 5.78 Å². The number of nitrogens with zero attached hydrogens (tertiary/aromatic N) is 1. The van der Waals surface area contributed by atoms with Crippen LogP contribution in [-0.4, -0.2) is 11.1 Å². The molecule has 0 spiro atoms. The summed E-state index contributed by atoms with van der Waals surface area (Å²) in [5.41, 5.74) is 0.419. The highest BCUT2D eigenvalue weighted by atomic mass is 79.9. The van der Waals surface area contributed by atoms with Gasteiger partial charge in [-0.2, -0.15) is 5.26 Å². The van der Waals surface area contributed by atoms with Gasteiger partial charge in [0.05, 0.1) is 15.9 Å². The quantitative estimate of drug-likeness (QED) is 0.619. The van der Waals surface area contributed by atoms with Crippen molar-refractivity contribution < 1.29 is 4.79 Å². The molecule has 0 bridgehead atoms. The van der Waals surface area contributed by atoms with Gasteiger partial charge in [-0.15, -0.1) is 0 Å². The smallest absolute Gasteiger partial charge is 0.174 e. The summed E-state index contributed by atoms with van der Waals surface area (Å²) < 4.78 is 0. The molecule has 0 N–H and O–H groups in total. The summed E-state index contributed by atoms with van der Waals surface area (Å²) in [6.07, 6.45) is 0. The Bertz CT molecular complexity index is 426. The molecule has 0 aliphatic carbocycles. The van der Waals surface area contributed by atoms with E-state index in [1.54, 1.807) is 0 Å². The first-order valence-electron chi connectivity index (χ1n) is 3.58. The summed E-state index contributed by atoms with van der Waals surface area (Å²) in [6, 6.07) is 4.75. The Kier molecular flexibility index (Phi) is 3.94. The Hall–Kier alpha value is -0.560. The number of alkyl halides is 1. The molecule has 0 aromatic heterocycles. The zero-order valence-corrected chi connectivity index (χ0v) is 9.95. The first-order chi connectivity index (χ1) is 6.60. The number of hydrogen-bond donors (Lipinski definition) is 0. The Labute approximate surface area is 99.6 Å². The monoisotopic (exact) mass is 291 g/mol. The average Bonchev–Trinajstić information content (AvgIpc) is 2.15. The summed E-state index contributed by atoms with van der Waals surface area (Å²) in [5.74, 6) is -0.217. The van der Waals surface area contributed by atoms with Crippen molar-refractivity contribution in [2.75, 3.05) is 5.33 Å². The molecule has 0 amide bonds. The van der Waals surface area contributed by atoms with Gasteiger partial charge in [-0.1, -0.05) is 39.1 Å². The number of carbonyl (C=O) groups excluding carboxylic acids is 1. The van der Waals surface area contributed by atoms with E-state index in [2.05, 4.69) is 15.9 Å². The summed E-state index contributed by atoms with van der Waals surface area (Å²) in [6.45, 7) is 0. The molecule has 0 atom stereocenters. The molecule has 1 rings (SSSR count). The predicted octanol–water partition coefficient (Wildman–Crippen LogP) is 3.44. The average molecular weight is 293 g/mol. The zero-order chi connectivity index (χ0) is 10.7. The highest BCUT2D eigenvalue weighted by Crippen LogP contribution is 2.25. The van der Waals surface area contributed by atoms with E-state index in [9.17, 15) is 4.79 Å². The van der Waals surface area contributed by atoms with Crippen molar-refractivity contribution in [3.8, 4) is 6.07 Å². The molecule has 0 unspecified atom stereocenters. The SMILES string of the molecule is N#Cc1c(Cl)cc(Cl)cc1C(=O)CBr. The number of rotatable bonds is 2. The second-order valence-corrected chi connectivity index (χ2v) is 3.88. The third kappa shape index (κ3) is 2.27. The Balaban J connectivity index is 3.41. The maximum absolute atomic E-state index is 11.4. The third-order valence-corrected chi connectivity index (χ3v) is 2.61. The molecule has 0 saturated heterocycles. The maximum atomic E-state index is 11.4. The molecular formula is C9H4BrCl2NO. The van der Waals surface area contributed by atoms with Crippen LogP contribution >= 0.6 is 39.1 Å². The highest BCUT2D eigenvalue weighted by molar-refractivity contribution is 9.09. The summed E-state index contributed by atoms with van der Waals surface area (Å²) in [5, 5.41) is 9.47. The Morgan fingerprint density at radius 1 is 1.50 bits per heavy atom. The van der Waals surface area contributed by atoms with Crippen molar-refractivity contribution in [1.29, 1.82) is 5.26 Å². The fourth-order valence-corrected chi connectivity index (χ4v) is 1.82. The van der Waals surface area contributed by atoms with E-state index in [-0.39, 0.29) is 27.3 Å². The molecular weight excluding hydrogens is 289 g/mol. The van der Waals surface area contributed by atoms with Gasteiger partial charge < -0.3 is 0 Å². The lowest BCUT2D eigenvalue weighted by atomic mass is 10.1. The predicted molar refractivity (Wildman–Crippen MR) is 59.3 cm³/mol. The highest BCUT2D eigenvalue weighted by Gasteiger charge is 2.14. The van der Waals surface area contributed by atoms with Gasteiger partial charge in [-0.05, 0) is 12.1 Å². The number of nitriles is 1. The van der Waals surface area contributed by atoms with E-state index in [1.807, 2.05) is 6.07 Å². The normalized spacial score (nSPS) is 9.57. The maximum Gasteiger partial charge on any atom is 0.174 e. The third-order valence-electron chi connectivity index (χ3n) is 1.59. The zero-order valence-electron chi connectivity index (χ0n) is 6.85. The fourth-order valence-electron chi connectivity index (χ4n) is 0.979. The minimum absolute atomic E-state index is 0.137. The van der Waals surface area contributed by atoms with Gasteiger partial charge in [0.25, 0.3) is 0 Å². The molecule has 0 aliphatic heterocycles. The molecule has 0 aliphatic rings. The van der Waals surface area contributed by atoms with E-state index in [0.717, 1.165) is 0 Å². The van der Waals surface area contributed by atoms with Crippen LogP contribution in [0.2, 0.25) is 10.0 Å². The summed E-state index contributed by atoms with van der Waals surface area (Å²) in [4.78, 5) is 11.4. The van der Waals surface area contributed by atoms with Gasteiger partial charge in [-0.25, -0.2) is 0 Å². The van der Waals surface area contributed by atoms with Crippen LogP contribution in [0.3, 0.4) is 0 Å². The van der Waals surface area contributed by atoms with E-state index in [1.165, 1.54) is 12.1 Å². The molecule has 0 heterocycles. The largest absolute Gasteiger partial charge is 0.293 e. The number of carbonyl (C=O) groups is 1. The van der Waals surface area contributed by atoms with E-state index in [4.69, 9.17) is 28.5 Å². The van der Waals surface area contributed by atoms with Gasteiger partial charge in [0, 0.05) is 10.6 Å². The second kappa shape index (κ2) is 4.79. The van der Waals surface area contributed by atoms with Crippen LogP contribution in [-0.2, 0) is 0 Å². The standard InChI is InChI=1S/C9H4BrCl2NO/c10-3-9(14)6-1-5(11)2-8(12)7(6)4-13/h1-2H,3H2. The molecule has 0 fully saturated rings. The number of ketones is 1. The van der Waals surface area contributed by atoms with Crippen LogP contribution in [0.15, 0.2) is 12.1 Å². The molecule has 14 heavy (non-hydrogen) atoms. The lowest BCUT2D eigenvalue weighted by molar-refractivity contribution is 0.102. The van der Waals surface area contributed by atoms with Crippen molar-refractivity contribution >= 4 is 44.9 Å². The molecule has 2 nitrogen and oxygen atoms in total. The number of hydrogen-bond acceptors (Lipinski definition) is 2. The van der Waals surface area contributed by atoms with Crippen LogP contribution in [0.4, 0.5) is 0 Å². The molecule has 5 heteroatoms. The van der Waals surface area contributed by atoms with Gasteiger partial charge in [0.1, 0.15) is 6.07 Å². The van der Waals surface area contributed by atoms with Crippen LogP contribution in [0, 0.1) is 11.3 Å². The van der Waals surface area contributed by atoms with Crippen molar-refractivity contribution in [2.24, 2.45) is 0 Å². The van der Waals surface area contributed by atoms with Crippen LogP contribution in [0.1, 0.15) is 15.9 Å². The van der Waals surface area contributed by atoms with Gasteiger partial charge in [-0.3, -0.25) is 4.79 Å². The molecule has 0 radical (unpaired) electrons. The first kappa shape index (κ1) is 11.5. The van der Waals surface area contributed by atoms with Crippen LogP contribution < -0.4 is 0 Å². The molecule has 0 saturated carbocycles.